The molecule has 10 heteroatoms. The van der Waals surface area contributed by atoms with Gasteiger partial charge in [0.1, 0.15) is 9.84 Å². The molecule has 0 bridgehead atoms. The first-order valence-corrected chi connectivity index (χ1v) is 10.4. The molecule has 8 nitrogen and oxygen atoms in total. The summed E-state index contributed by atoms with van der Waals surface area (Å²) in [6, 6.07) is 5.83. The number of rotatable bonds is 11. The number of guanidine groups is 1. The topological polar surface area (TPSA) is 98.3 Å². The standard InChI is InChI=1S/C17H29N3O5S.HI/c1-18-17(20-9-10-25-11-12-26(4,21)22)19-8-7-14-5-6-15(23-2)16(13-14)24-3;/h5-6,13H,7-12H2,1-4H3,(H2,18,19,20);1H. The second-order valence-corrected chi connectivity index (χ2v) is 7.87. The third-order valence-corrected chi connectivity index (χ3v) is 4.42. The molecule has 1 rings (SSSR count). The molecule has 0 unspecified atom stereocenters. The van der Waals surface area contributed by atoms with E-state index in [2.05, 4.69) is 15.6 Å². The molecule has 0 spiro atoms. The van der Waals surface area contributed by atoms with Crippen LogP contribution in [0.25, 0.3) is 0 Å². The molecule has 0 heterocycles. The summed E-state index contributed by atoms with van der Waals surface area (Å²) >= 11 is 0. The van der Waals surface area contributed by atoms with Crippen LogP contribution in [-0.2, 0) is 21.0 Å². The fourth-order valence-electron chi connectivity index (χ4n) is 2.14. The molecule has 27 heavy (non-hydrogen) atoms. The molecule has 0 aliphatic heterocycles. The fraction of sp³-hybridized carbons (Fsp3) is 0.588. The van der Waals surface area contributed by atoms with Crippen LogP contribution in [0.15, 0.2) is 23.2 Å². The van der Waals surface area contributed by atoms with Crippen LogP contribution in [0.4, 0.5) is 0 Å². The fourth-order valence-corrected chi connectivity index (χ4v) is 2.56. The minimum Gasteiger partial charge on any atom is -0.493 e. The van der Waals surface area contributed by atoms with Gasteiger partial charge in [-0.15, -0.1) is 24.0 Å². The maximum atomic E-state index is 11.0. The molecule has 1 aromatic carbocycles. The minimum absolute atomic E-state index is 0. The number of benzene rings is 1. The lowest BCUT2D eigenvalue weighted by molar-refractivity contribution is 0.154. The Kier molecular flexibility index (Phi) is 13.2. The molecule has 0 aliphatic rings. The van der Waals surface area contributed by atoms with Crippen molar-refractivity contribution in [3.8, 4) is 11.5 Å². The van der Waals surface area contributed by atoms with Crippen molar-refractivity contribution in [2.45, 2.75) is 6.42 Å². The molecule has 0 fully saturated rings. The van der Waals surface area contributed by atoms with Crippen LogP contribution in [0.1, 0.15) is 5.56 Å². The lowest BCUT2D eigenvalue weighted by atomic mass is 10.1. The summed E-state index contributed by atoms with van der Waals surface area (Å²) < 4.78 is 37.8. The van der Waals surface area contributed by atoms with Gasteiger partial charge < -0.3 is 24.8 Å². The number of ether oxygens (including phenoxy) is 3. The highest BCUT2D eigenvalue weighted by atomic mass is 127. The third-order valence-electron chi connectivity index (χ3n) is 3.51. The zero-order valence-corrected chi connectivity index (χ0v) is 19.4. The van der Waals surface area contributed by atoms with Crippen LogP contribution in [0.2, 0.25) is 0 Å². The average Bonchev–Trinajstić information content (AvgIpc) is 2.61. The van der Waals surface area contributed by atoms with Gasteiger partial charge in [-0.2, -0.15) is 0 Å². The van der Waals surface area contributed by atoms with Gasteiger partial charge in [-0.05, 0) is 24.1 Å². The van der Waals surface area contributed by atoms with E-state index in [9.17, 15) is 8.42 Å². The van der Waals surface area contributed by atoms with E-state index < -0.39 is 9.84 Å². The van der Waals surface area contributed by atoms with Gasteiger partial charge >= 0.3 is 0 Å². The minimum atomic E-state index is -2.98. The number of nitrogens with one attached hydrogen (secondary N) is 2. The van der Waals surface area contributed by atoms with Gasteiger partial charge in [0.25, 0.3) is 0 Å². The van der Waals surface area contributed by atoms with E-state index in [0.29, 0.717) is 37.2 Å². The molecule has 2 N–H and O–H groups in total. The Hall–Kier alpha value is -1.27. The van der Waals surface area contributed by atoms with E-state index in [1.807, 2.05) is 18.2 Å². The molecular weight excluding hydrogens is 485 g/mol. The number of hydrogen-bond acceptors (Lipinski definition) is 6. The van der Waals surface area contributed by atoms with Gasteiger partial charge in [0, 0.05) is 26.4 Å². The van der Waals surface area contributed by atoms with Crippen molar-refractivity contribution in [1.29, 1.82) is 0 Å². The van der Waals surface area contributed by atoms with Gasteiger partial charge in [-0.3, -0.25) is 4.99 Å². The number of methoxy groups -OCH3 is 2. The quantitative estimate of drug-likeness (QED) is 0.197. The predicted octanol–water partition coefficient (Wildman–Crippen LogP) is 1.09. The van der Waals surface area contributed by atoms with Crippen molar-refractivity contribution in [3.05, 3.63) is 23.8 Å². The average molecular weight is 515 g/mol. The highest BCUT2D eigenvalue weighted by molar-refractivity contribution is 14.0. The molecule has 0 amide bonds. The van der Waals surface area contributed by atoms with Crippen molar-refractivity contribution in [2.24, 2.45) is 4.99 Å². The van der Waals surface area contributed by atoms with E-state index in [-0.39, 0.29) is 36.3 Å². The normalized spacial score (nSPS) is 11.5. The number of nitrogens with zero attached hydrogens (tertiary/aromatic N) is 1. The zero-order valence-electron chi connectivity index (χ0n) is 16.3. The Morgan fingerprint density at radius 1 is 1.07 bits per heavy atom. The first-order valence-electron chi connectivity index (χ1n) is 8.30. The summed E-state index contributed by atoms with van der Waals surface area (Å²) in [7, 11) is 1.94. The van der Waals surface area contributed by atoms with Crippen molar-refractivity contribution in [2.75, 3.05) is 59.6 Å². The zero-order chi connectivity index (χ0) is 19.4. The SMILES string of the molecule is CN=C(NCCOCCS(C)(=O)=O)NCCc1ccc(OC)c(OC)c1.I. The Morgan fingerprint density at radius 3 is 2.33 bits per heavy atom. The molecule has 156 valence electrons. The number of halogens is 1. The van der Waals surface area contributed by atoms with Gasteiger partial charge in [0.15, 0.2) is 17.5 Å². The van der Waals surface area contributed by atoms with Crippen molar-refractivity contribution < 1.29 is 22.6 Å². The van der Waals surface area contributed by atoms with Gasteiger partial charge in [0.05, 0.1) is 33.2 Å². The number of hydrogen-bond donors (Lipinski definition) is 2. The predicted molar refractivity (Wildman–Crippen MR) is 119 cm³/mol. The highest BCUT2D eigenvalue weighted by Gasteiger charge is 2.05. The van der Waals surface area contributed by atoms with Crippen molar-refractivity contribution in [1.82, 2.24) is 10.6 Å². The molecule has 0 aromatic heterocycles. The van der Waals surface area contributed by atoms with E-state index in [1.54, 1.807) is 21.3 Å². The Balaban J connectivity index is 0.00000676. The van der Waals surface area contributed by atoms with Crippen LogP contribution in [0.3, 0.4) is 0 Å². The van der Waals surface area contributed by atoms with E-state index in [0.717, 1.165) is 12.0 Å². The largest absolute Gasteiger partial charge is 0.493 e. The first-order chi connectivity index (χ1) is 12.4. The summed E-state index contributed by atoms with van der Waals surface area (Å²) in [5.74, 6) is 2.11. The monoisotopic (exact) mass is 515 g/mol. The molecule has 0 radical (unpaired) electrons. The summed E-state index contributed by atoms with van der Waals surface area (Å²) in [5, 5.41) is 6.33. The maximum absolute atomic E-state index is 11.0. The van der Waals surface area contributed by atoms with Crippen LogP contribution in [0, 0.1) is 0 Å². The van der Waals surface area contributed by atoms with Gasteiger partial charge in [-0.1, -0.05) is 6.07 Å². The summed E-state index contributed by atoms with van der Waals surface area (Å²) in [5.41, 5.74) is 1.12. The summed E-state index contributed by atoms with van der Waals surface area (Å²) in [6.07, 6.45) is 1.99. The van der Waals surface area contributed by atoms with Crippen LogP contribution in [-0.4, -0.2) is 74.0 Å². The second-order valence-electron chi connectivity index (χ2n) is 5.61. The maximum Gasteiger partial charge on any atom is 0.191 e. The van der Waals surface area contributed by atoms with Gasteiger partial charge in [0.2, 0.25) is 0 Å². The van der Waals surface area contributed by atoms with Gasteiger partial charge in [-0.25, -0.2) is 8.42 Å². The van der Waals surface area contributed by atoms with Crippen molar-refractivity contribution in [3.63, 3.8) is 0 Å². The highest BCUT2D eigenvalue weighted by Crippen LogP contribution is 2.27. The molecule has 0 saturated carbocycles. The third kappa shape index (κ3) is 11.2. The van der Waals surface area contributed by atoms with Crippen LogP contribution in [0.5, 0.6) is 11.5 Å². The Morgan fingerprint density at radius 2 is 1.74 bits per heavy atom. The van der Waals surface area contributed by atoms with E-state index in [1.165, 1.54) is 6.26 Å². The Labute approximate surface area is 179 Å². The van der Waals surface area contributed by atoms with E-state index in [4.69, 9.17) is 14.2 Å². The lowest BCUT2D eigenvalue weighted by Gasteiger charge is -2.13. The molecule has 0 atom stereocenters. The molecule has 0 saturated heterocycles. The number of aliphatic imine (C=N–C) groups is 1. The first kappa shape index (κ1) is 25.7. The summed E-state index contributed by atoms with van der Waals surface area (Å²) in [4.78, 5) is 4.14. The molecular formula is C17H30IN3O5S. The van der Waals surface area contributed by atoms with Crippen LogP contribution < -0.4 is 20.1 Å². The Bertz CT molecular complexity index is 683. The smallest absolute Gasteiger partial charge is 0.191 e. The second kappa shape index (κ2) is 13.8. The number of sulfone groups is 1. The summed E-state index contributed by atoms with van der Waals surface area (Å²) in [6.45, 7) is 1.85. The van der Waals surface area contributed by atoms with Crippen molar-refractivity contribution >= 4 is 39.8 Å². The van der Waals surface area contributed by atoms with Crippen LogP contribution >= 0.6 is 24.0 Å². The lowest BCUT2D eigenvalue weighted by Crippen LogP contribution is -2.39. The molecule has 1 aromatic rings. The van der Waals surface area contributed by atoms with E-state index >= 15 is 0 Å². The molecule has 0 aliphatic carbocycles.